The summed E-state index contributed by atoms with van der Waals surface area (Å²) in [5.74, 6) is -1.69. The molecule has 0 aromatic heterocycles. The van der Waals surface area contributed by atoms with Gasteiger partial charge >= 0.3 is 6.09 Å². The summed E-state index contributed by atoms with van der Waals surface area (Å²) in [6, 6.07) is 5.14. The summed E-state index contributed by atoms with van der Waals surface area (Å²) in [5.41, 5.74) is -1.43. The summed E-state index contributed by atoms with van der Waals surface area (Å²) in [7, 11) is -1.29. The molecule has 1 unspecified atom stereocenters. The van der Waals surface area contributed by atoms with E-state index in [0.29, 0.717) is 11.8 Å². The molecule has 1 amide bonds. The molecular weight excluding hydrogens is 450 g/mol. The zero-order valence-corrected chi connectivity index (χ0v) is 21.8. The number of hydrogen-bond acceptors (Lipinski definition) is 5. The summed E-state index contributed by atoms with van der Waals surface area (Å²) < 4.78 is 40.2. The largest absolute Gasteiger partial charge is 0.443 e. The number of aliphatic imine (C=N–C) groups is 1. The predicted molar refractivity (Wildman–Crippen MR) is 128 cm³/mol. The number of halogens is 2. The minimum Gasteiger partial charge on any atom is -0.443 e. The second-order valence-corrected chi connectivity index (χ2v) is 17.7. The van der Waals surface area contributed by atoms with Crippen molar-refractivity contribution in [3.05, 3.63) is 35.4 Å². The predicted octanol–water partition coefficient (Wildman–Crippen LogP) is 6.22. The fourth-order valence-electron chi connectivity index (χ4n) is 3.65. The number of thioether (sulfide) groups is 1. The van der Waals surface area contributed by atoms with Crippen molar-refractivity contribution in [1.82, 2.24) is 4.90 Å². The number of hydrogen-bond donors (Lipinski definition) is 0. The van der Waals surface area contributed by atoms with Crippen LogP contribution in [0.25, 0.3) is 0 Å². The van der Waals surface area contributed by atoms with Crippen molar-refractivity contribution in [2.45, 2.75) is 76.2 Å². The van der Waals surface area contributed by atoms with Gasteiger partial charge in [-0.15, -0.1) is 0 Å². The molecule has 178 valence electrons. The highest BCUT2D eigenvalue weighted by Crippen LogP contribution is 2.58. The van der Waals surface area contributed by atoms with Crippen LogP contribution >= 0.6 is 11.8 Å². The van der Waals surface area contributed by atoms with Gasteiger partial charge in [-0.3, -0.25) is 4.99 Å². The van der Waals surface area contributed by atoms with Crippen LogP contribution in [-0.4, -0.2) is 48.4 Å². The van der Waals surface area contributed by atoms with E-state index >= 15 is 0 Å². The van der Waals surface area contributed by atoms with Gasteiger partial charge in [0.05, 0.1) is 5.54 Å². The molecule has 1 heterocycles. The van der Waals surface area contributed by atoms with Crippen LogP contribution in [-0.2, 0) is 15.0 Å². The Morgan fingerprint density at radius 1 is 1.31 bits per heavy atom. The first-order valence-electron chi connectivity index (χ1n) is 11.0. The molecule has 0 spiro atoms. The van der Waals surface area contributed by atoms with Gasteiger partial charge in [0, 0.05) is 31.4 Å². The molecule has 0 saturated heterocycles. The fourth-order valence-corrected chi connectivity index (χ4v) is 5.91. The third-order valence-electron chi connectivity index (χ3n) is 5.60. The van der Waals surface area contributed by atoms with E-state index < -0.39 is 36.9 Å². The summed E-state index contributed by atoms with van der Waals surface area (Å²) in [6.45, 7) is 14.5. The number of amides is 1. The van der Waals surface area contributed by atoms with Crippen molar-refractivity contribution in [3.63, 3.8) is 0 Å². The van der Waals surface area contributed by atoms with Gasteiger partial charge in [-0.2, -0.15) is 0 Å². The number of fused-ring (bicyclic) bond motifs is 1. The fraction of sp³-hybridized carbons (Fsp3) is 0.652. The first-order chi connectivity index (χ1) is 14.7. The zero-order valence-electron chi connectivity index (χ0n) is 20.0. The standard InChI is InChI=1S/C23H34F2N2O3SSi/c1-22(2,3)30-21(28)27(14-29-11-12-32(5,6)7)20-26-23(4,16-13-18(16)31-20)15-9-8-10-17(24)19(15)25/h8-10,16,18H,11-14H2,1-7H3/t16?,18-,23+/m0/s1. The van der Waals surface area contributed by atoms with E-state index in [2.05, 4.69) is 19.6 Å². The van der Waals surface area contributed by atoms with Crippen LogP contribution in [0.15, 0.2) is 23.2 Å². The molecule has 1 fully saturated rings. The number of nitrogens with zero attached hydrogens (tertiary/aromatic N) is 2. The summed E-state index contributed by atoms with van der Waals surface area (Å²) in [4.78, 5) is 19.2. The molecule has 0 bridgehead atoms. The van der Waals surface area contributed by atoms with Gasteiger partial charge in [0.25, 0.3) is 0 Å². The Bertz CT molecular complexity index is 900. The van der Waals surface area contributed by atoms with Gasteiger partial charge in [0.2, 0.25) is 0 Å². The minimum absolute atomic E-state index is 0.00429. The highest BCUT2D eigenvalue weighted by Gasteiger charge is 2.57. The maximum Gasteiger partial charge on any atom is 0.418 e. The van der Waals surface area contributed by atoms with Crippen LogP contribution in [0, 0.1) is 17.6 Å². The number of carbonyl (C=O) groups is 1. The molecule has 0 radical (unpaired) electrons. The van der Waals surface area contributed by atoms with Gasteiger partial charge in [-0.05, 0) is 46.2 Å². The molecule has 1 aromatic rings. The topological polar surface area (TPSA) is 51.1 Å². The molecule has 0 N–H and O–H groups in total. The Kier molecular flexibility index (Phi) is 7.13. The van der Waals surface area contributed by atoms with E-state index in [9.17, 15) is 13.6 Å². The van der Waals surface area contributed by atoms with Gasteiger partial charge in [-0.1, -0.05) is 43.5 Å². The highest BCUT2D eigenvalue weighted by molar-refractivity contribution is 8.14. The molecule has 3 atom stereocenters. The molecule has 9 heteroatoms. The maximum atomic E-state index is 14.7. The van der Waals surface area contributed by atoms with Gasteiger partial charge < -0.3 is 9.47 Å². The molecule has 1 saturated carbocycles. The third-order valence-corrected chi connectivity index (χ3v) is 8.65. The Hall–Kier alpha value is -1.45. The lowest BCUT2D eigenvalue weighted by Crippen LogP contribution is -2.44. The van der Waals surface area contributed by atoms with Crippen LogP contribution < -0.4 is 0 Å². The second kappa shape index (κ2) is 9.06. The molecule has 32 heavy (non-hydrogen) atoms. The van der Waals surface area contributed by atoms with E-state index in [1.165, 1.54) is 22.7 Å². The van der Waals surface area contributed by atoms with E-state index in [-0.39, 0.29) is 23.5 Å². The number of carbonyl (C=O) groups excluding carboxylic acids is 1. The zero-order chi connectivity index (χ0) is 23.9. The number of amidine groups is 1. The summed E-state index contributed by atoms with van der Waals surface area (Å²) >= 11 is 1.48. The van der Waals surface area contributed by atoms with Crippen molar-refractivity contribution in [3.8, 4) is 0 Å². The summed E-state index contributed by atoms with van der Waals surface area (Å²) in [5, 5.41) is 0.610. The van der Waals surface area contributed by atoms with Crippen LogP contribution in [0.3, 0.4) is 0 Å². The monoisotopic (exact) mass is 484 g/mol. The van der Waals surface area contributed by atoms with Crippen LogP contribution in [0.4, 0.5) is 13.6 Å². The molecular formula is C23H34F2N2O3SSi. The Morgan fingerprint density at radius 3 is 2.62 bits per heavy atom. The van der Waals surface area contributed by atoms with Gasteiger partial charge in [0.1, 0.15) is 12.3 Å². The summed E-state index contributed by atoms with van der Waals surface area (Å²) in [6.07, 6.45) is 0.265. The lowest BCUT2D eigenvalue weighted by Gasteiger charge is -2.35. The number of rotatable bonds is 6. The van der Waals surface area contributed by atoms with Crippen molar-refractivity contribution >= 4 is 31.1 Å². The Labute approximate surface area is 195 Å². The molecule has 1 aliphatic carbocycles. The van der Waals surface area contributed by atoms with Gasteiger partial charge in [0.15, 0.2) is 16.8 Å². The van der Waals surface area contributed by atoms with E-state index in [1.54, 1.807) is 26.8 Å². The molecule has 1 aliphatic heterocycles. The average molecular weight is 485 g/mol. The van der Waals surface area contributed by atoms with E-state index in [1.807, 2.05) is 6.92 Å². The molecule has 2 aliphatic rings. The highest BCUT2D eigenvalue weighted by atomic mass is 32.2. The number of ether oxygens (including phenoxy) is 2. The van der Waals surface area contributed by atoms with Gasteiger partial charge in [-0.25, -0.2) is 18.5 Å². The van der Waals surface area contributed by atoms with Crippen LogP contribution in [0.2, 0.25) is 25.7 Å². The number of benzene rings is 1. The normalized spacial score (nSPS) is 25.1. The van der Waals surface area contributed by atoms with Crippen LogP contribution in [0.1, 0.15) is 39.7 Å². The molecule has 3 rings (SSSR count). The van der Waals surface area contributed by atoms with Crippen molar-refractivity contribution in [1.29, 1.82) is 0 Å². The molecule has 1 aromatic carbocycles. The maximum absolute atomic E-state index is 14.7. The third kappa shape index (κ3) is 5.91. The lowest BCUT2D eigenvalue weighted by molar-refractivity contribution is 0.0110. The quantitative estimate of drug-likeness (QED) is 0.273. The molecule has 5 nitrogen and oxygen atoms in total. The SMILES string of the molecule is CC(C)(C)OC(=O)N(COCC[Si](C)(C)C)C1=N[C@](C)(c2cccc(F)c2F)C2C[C@@H]2S1. The average Bonchev–Trinajstić information content (AvgIpc) is 3.42. The minimum atomic E-state index is -1.29. The lowest BCUT2D eigenvalue weighted by atomic mass is 9.87. The van der Waals surface area contributed by atoms with E-state index in [0.717, 1.165) is 18.5 Å². The first kappa shape index (κ1) is 25.2. The Balaban J connectivity index is 1.90. The second-order valence-electron chi connectivity index (χ2n) is 10.9. The van der Waals surface area contributed by atoms with Crippen molar-refractivity contribution < 1.29 is 23.0 Å². The van der Waals surface area contributed by atoms with Crippen molar-refractivity contribution in [2.75, 3.05) is 13.3 Å². The van der Waals surface area contributed by atoms with Crippen molar-refractivity contribution in [2.24, 2.45) is 10.9 Å². The van der Waals surface area contributed by atoms with Crippen LogP contribution in [0.5, 0.6) is 0 Å². The Morgan fingerprint density at radius 2 is 2.00 bits per heavy atom. The first-order valence-corrected chi connectivity index (χ1v) is 15.6. The smallest absolute Gasteiger partial charge is 0.418 e. The van der Waals surface area contributed by atoms with E-state index in [4.69, 9.17) is 14.5 Å².